The minimum absolute atomic E-state index is 0.0675. The highest BCUT2D eigenvalue weighted by Crippen LogP contribution is 2.20. The molecule has 5 N–H and O–H groups in total. The number of carbonyl (C=O) groups is 7. The SMILES string of the molecule is CC(C)[C@@H](NC(=O)[C@@H](CS(=O)(=O)O)NC(=O)CCCCCN1C(=O)C=CC1=O)C(=O)N[C@H](C)C(=O)Nc1ccc(COC(=O)CC(C)(C)C)cc1. The lowest BCUT2D eigenvalue weighted by molar-refractivity contribution is -0.147. The maximum atomic E-state index is 13.2. The molecule has 3 atom stereocenters. The first kappa shape index (κ1) is 42.5. The van der Waals surface area contributed by atoms with Crippen LogP contribution in [0.3, 0.4) is 0 Å². The summed E-state index contributed by atoms with van der Waals surface area (Å²) in [6, 6.07) is 2.51. The molecular weight excluding hydrogens is 686 g/mol. The lowest BCUT2D eigenvalue weighted by Gasteiger charge is -2.26. The number of esters is 1. The highest BCUT2D eigenvalue weighted by atomic mass is 32.2. The molecule has 2 rings (SSSR count). The highest BCUT2D eigenvalue weighted by molar-refractivity contribution is 7.85. The van der Waals surface area contributed by atoms with E-state index < -0.39 is 75.4 Å². The molecule has 0 aromatic heterocycles. The van der Waals surface area contributed by atoms with Crippen molar-refractivity contribution in [3.05, 3.63) is 42.0 Å². The van der Waals surface area contributed by atoms with Crippen LogP contribution in [0.5, 0.6) is 0 Å². The van der Waals surface area contributed by atoms with Gasteiger partial charge in [0.1, 0.15) is 30.5 Å². The quantitative estimate of drug-likeness (QED) is 0.0593. The van der Waals surface area contributed by atoms with Crippen molar-refractivity contribution < 1.29 is 51.3 Å². The summed E-state index contributed by atoms with van der Waals surface area (Å²) in [7, 11) is -4.74. The number of rotatable bonds is 19. The second-order valence-corrected chi connectivity index (χ2v) is 15.4. The van der Waals surface area contributed by atoms with Gasteiger partial charge in [0, 0.05) is 30.8 Å². The number of imide groups is 1. The van der Waals surface area contributed by atoms with E-state index in [-0.39, 0.29) is 37.4 Å². The maximum absolute atomic E-state index is 13.2. The fourth-order valence-electron chi connectivity index (χ4n) is 4.78. The minimum atomic E-state index is -4.74. The minimum Gasteiger partial charge on any atom is -0.461 e. The van der Waals surface area contributed by atoms with E-state index in [1.165, 1.54) is 19.1 Å². The van der Waals surface area contributed by atoms with Gasteiger partial charge in [-0.2, -0.15) is 8.42 Å². The zero-order chi connectivity index (χ0) is 38.5. The van der Waals surface area contributed by atoms with Crippen molar-refractivity contribution in [1.82, 2.24) is 20.9 Å². The van der Waals surface area contributed by atoms with Crippen LogP contribution in [0.2, 0.25) is 0 Å². The Balaban J connectivity index is 1.91. The zero-order valence-corrected chi connectivity index (χ0v) is 30.6. The van der Waals surface area contributed by atoms with E-state index in [4.69, 9.17) is 4.74 Å². The standard InChI is InChI=1S/C34H49N5O11S/c1-21(2)30(33(46)35-22(3)31(44)36-24-13-11-23(12-14-24)19-50-29(43)18-34(4,5)6)38-32(45)25(20-51(47,48)49)37-26(40)10-8-7-9-17-39-27(41)15-16-28(39)42/h11-16,21-22,25,30H,7-10,17-20H2,1-6H3,(H,35,46)(H,36,44)(H,37,40)(H,38,45)(H,47,48,49)/t22-,25-,30-/m1/s1. The number of carbonyl (C=O) groups excluding carboxylic acids is 7. The highest BCUT2D eigenvalue weighted by Gasteiger charge is 2.32. The number of anilines is 1. The van der Waals surface area contributed by atoms with E-state index in [2.05, 4.69) is 21.3 Å². The Kier molecular flexibility index (Phi) is 15.9. The lowest BCUT2D eigenvalue weighted by Crippen LogP contribution is -2.58. The number of hydrogen-bond acceptors (Lipinski definition) is 10. The molecule has 17 heteroatoms. The Labute approximate surface area is 298 Å². The Morgan fingerprint density at radius 3 is 2.00 bits per heavy atom. The smallest absolute Gasteiger partial charge is 0.306 e. The van der Waals surface area contributed by atoms with E-state index in [1.54, 1.807) is 38.1 Å². The molecule has 0 aliphatic carbocycles. The summed E-state index contributed by atoms with van der Waals surface area (Å²) in [6.07, 6.45) is 3.65. The second kappa shape index (κ2) is 19.1. The third kappa shape index (κ3) is 15.8. The predicted molar refractivity (Wildman–Crippen MR) is 186 cm³/mol. The van der Waals surface area contributed by atoms with E-state index in [9.17, 15) is 46.5 Å². The largest absolute Gasteiger partial charge is 0.461 e. The summed E-state index contributed by atoms with van der Waals surface area (Å²) >= 11 is 0. The van der Waals surface area contributed by atoms with E-state index in [0.717, 1.165) is 4.90 Å². The summed E-state index contributed by atoms with van der Waals surface area (Å²) < 4.78 is 38.1. The topological polar surface area (TPSA) is 234 Å². The van der Waals surface area contributed by atoms with Crippen LogP contribution in [0.25, 0.3) is 0 Å². The van der Waals surface area contributed by atoms with Gasteiger partial charge < -0.3 is 26.0 Å². The molecule has 1 aromatic carbocycles. The van der Waals surface area contributed by atoms with E-state index in [1.807, 2.05) is 20.8 Å². The number of nitrogens with one attached hydrogen (secondary N) is 4. The van der Waals surface area contributed by atoms with Crippen molar-refractivity contribution in [3.8, 4) is 0 Å². The summed E-state index contributed by atoms with van der Waals surface area (Å²) in [6.45, 7) is 10.7. The molecule has 16 nitrogen and oxygen atoms in total. The third-order valence-corrected chi connectivity index (χ3v) is 8.26. The zero-order valence-electron chi connectivity index (χ0n) is 29.8. The molecule has 0 saturated carbocycles. The lowest BCUT2D eigenvalue weighted by atomic mass is 9.92. The molecule has 0 saturated heterocycles. The van der Waals surface area contributed by atoms with Gasteiger partial charge in [0.15, 0.2) is 0 Å². The number of ether oxygens (including phenoxy) is 1. The first-order chi connectivity index (χ1) is 23.6. The van der Waals surface area contributed by atoms with Gasteiger partial charge >= 0.3 is 5.97 Å². The van der Waals surface area contributed by atoms with Crippen molar-refractivity contribution in [3.63, 3.8) is 0 Å². The van der Waals surface area contributed by atoms with E-state index >= 15 is 0 Å². The number of benzene rings is 1. The molecular formula is C34H49N5O11S. The van der Waals surface area contributed by atoms with E-state index in [0.29, 0.717) is 30.5 Å². The molecule has 1 aliphatic rings. The van der Waals surface area contributed by atoms with Gasteiger partial charge in [-0.05, 0) is 48.8 Å². The molecule has 1 heterocycles. The molecule has 282 valence electrons. The molecule has 0 fully saturated rings. The normalized spacial score (nSPS) is 14.9. The van der Waals surface area contributed by atoms with Crippen LogP contribution in [0.15, 0.2) is 36.4 Å². The van der Waals surface area contributed by atoms with Gasteiger partial charge in [0.25, 0.3) is 21.9 Å². The van der Waals surface area contributed by atoms with Crippen molar-refractivity contribution in [2.45, 2.75) is 98.4 Å². The van der Waals surface area contributed by atoms with Crippen LogP contribution in [0.4, 0.5) is 5.69 Å². The van der Waals surface area contributed by atoms with Crippen LogP contribution < -0.4 is 21.3 Å². The Morgan fingerprint density at radius 2 is 1.45 bits per heavy atom. The molecule has 0 spiro atoms. The molecule has 0 unspecified atom stereocenters. The first-order valence-corrected chi connectivity index (χ1v) is 18.2. The second-order valence-electron chi connectivity index (χ2n) is 13.9. The fourth-order valence-corrected chi connectivity index (χ4v) is 5.44. The summed E-state index contributed by atoms with van der Waals surface area (Å²) in [5.74, 6) is -5.93. The molecule has 51 heavy (non-hydrogen) atoms. The first-order valence-electron chi connectivity index (χ1n) is 16.6. The van der Waals surface area contributed by atoms with Gasteiger partial charge in [-0.15, -0.1) is 0 Å². The predicted octanol–water partition coefficient (Wildman–Crippen LogP) is 1.61. The Bertz CT molecular complexity index is 1570. The maximum Gasteiger partial charge on any atom is 0.306 e. The Morgan fingerprint density at radius 1 is 0.843 bits per heavy atom. The van der Waals surface area contributed by atoms with Gasteiger partial charge in [-0.25, -0.2) is 0 Å². The average molecular weight is 736 g/mol. The molecule has 0 bridgehead atoms. The van der Waals surface area contributed by atoms with Crippen molar-refractivity contribution in [2.75, 3.05) is 17.6 Å². The number of nitrogens with zero attached hydrogens (tertiary/aromatic N) is 1. The average Bonchev–Trinajstić information content (AvgIpc) is 3.33. The monoisotopic (exact) mass is 735 g/mol. The number of hydrogen-bond donors (Lipinski definition) is 5. The van der Waals surface area contributed by atoms with Gasteiger partial charge in [0.2, 0.25) is 23.6 Å². The van der Waals surface area contributed by atoms with Crippen LogP contribution in [0.1, 0.15) is 79.2 Å². The molecule has 0 radical (unpaired) electrons. The Hall–Kier alpha value is -4.64. The summed E-state index contributed by atoms with van der Waals surface area (Å²) in [5, 5.41) is 9.86. The van der Waals surface area contributed by atoms with Crippen molar-refractivity contribution in [2.24, 2.45) is 11.3 Å². The molecule has 6 amide bonds. The number of unbranched alkanes of at least 4 members (excludes halogenated alkanes) is 2. The summed E-state index contributed by atoms with van der Waals surface area (Å²) in [5.41, 5.74) is 0.918. The number of amides is 6. The molecule has 1 aromatic rings. The molecule has 1 aliphatic heterocycles. The van der Waals surface area contributed by atoms with Gasteiger partial charge in [-0.1, -0.05) is 53.2 Å². The van der Waals surface area contributed by atoms with Gasteiger partial charge in [0.05, 0.1) is 6.42 Å². The third-order valence-electron chi connectivity index (χ3n) is 7.51. The fraction of sp³-hybridized carbons (Fsp3) is 0.559. The van der Waals surface area contributed by atoms with Crippen molar-refractivity contribution in [1.29, 1.82) is 0 Å². The van der Waals surface area contributed by atoms with Crippen LogP contribution in [0, 0.1) is 11.3 Å². The van der Waals surface area contributed by atoms with Crippen LogP contribution >= 0.6 is 0 Å². The van der Waals surface area contributed by atoms with Crippen LogP contribution in [-0.4, -0.2) is 89.7 Å². The summed E-state index contributed by atoms with van der Waals surface area (Å²) in [4.78, 5) is 88.0. The van der Waals surface area contributed by atoms with Crippen LogP contribution in [-0.2, 0) is 55.0 Å². The van der Waals surface area contributed by atoms with Gasteiger partial charge in [-0.3, -0.25) is 43.0 Å². The van der Waals surface area contributed by atoms with Crippen molar-refractivity contribution >= 4 is 57.2 Å².